The Kier molecular flexibility index (Phi) is 2.91. The van der Waals surface area contributed by atoms with Crippen LogP contribution in [0, 0.1) is 18.6 Å². The predicted octanol–water partition coefficient (Wildman–Crippen LogP) is 3.04. The molecule has 0 spiro atoms. The Balaban J connectivity index is 2.30. The molecule has 0 radical (unpaired) electrons. The summed E-state index contributed by atoms with van der Waals surface area (Å²) in [6.45, 7) is 1.86. The summed E-state index contributed by atoms with van der Waals surface area (Å²) in [4.78, 5) is 3.92. The van der Waals surface area contributed by atoms with Crippen molar-refractivity contribution in [2.24, 2.45) is 0 Å². The molecule has 5 heteroatoms. The van der Waals surface area contributed by atoms with Crippen LogP contribution in [-0.2, 0) is 0 Å². The van der Waals surface area contributed by atoms with Crippen molar-refractivity contribution in [1.29, 1.82) is 0 Å². The molecule has 88 valence electrons. The predicted molar refractivity (Wildman–Crippen MR) is 59.8 cm³/mol. The van der Waals surface area contributed by atoms with Gasteiger partial charge in [0, 0.05) is 24.4 Å². The fraction of sp³-hybridized carbons (Fsp3) is 0.0833. The second-order valence-electron chi connectivity index (χ2n) is 3.58. The van der Waals surface area contributed by atoms with Crippen molar-refractivity contribution >= 4 is 5.69 Å². The number of halogens is 2. The number of hydrogen-bond acceptors (Lipinski definition) is 3. The fourth-order valence-electron chi connectivity index (χ4n) is 1.25. The number of nitrogens with zero attached hydrogens (tertiary/aromatic N) is 1. The first kappa shape index (κ1) is 11.3. The molecule has 0 aliphatic rings. The smallest absolute Gasteiger partial charge is 0.219 e. The molecule has 0 amide bonds. The highest BCUT2D eigenvalue weighted by molar-refractivity contribution is 5.45. The van der Waals surface area contributed by atoms with Crippen molar-refractivity contribution in [3.8, 4) is 11.6 Å². The molecule has 1 aromatic carbocycles. The number of benzene rings is 1. The van der Waals surface area contributed by atoms with Crippen molar-refractivity contribution < 1.29 is 13.5 Å². The van der Waals surface area contributed by atoms with E-state index in [0.29, 0.717) is 0 Å². The number of rotatable bonds is 2. The number of nitrogen functional groups attached to an aromatic ring is 1. The number of aryl methyl sites for hydroxylation is 1. The minimum atomic E-state index is -0.730. The van der Waals surface area contributed by atoms with Gasteiger partial charge in [-0.25, -0.2) is 13.8 Å². The van der Waals surface area contributed by atoms with Crippen LogP contribution < -0.4 is 10.5 Å². The number of hydrogen-bond donors (Lipinski definition) is 1. The SMILES string of the molecule is Cc1ccc(Oc2cc(F)c(N)cc2F)nc1. The maximum Gasteiger partial charge on any atom is 0.219 e. The molecule has 0 unspecified atom stereocenters. The van der Waals surface area contributed by atoms with Gasteiger partial charge < -0.3 is 10.5 Å². The quantitative estimate of drug-likeness (QED) is 0.815. The summed E-state index contributed by atoms with van der Waals surface area (Å²) in [5.74, 6) is -1.51. The Morgan fingerprint density at radius 2 is 1.94 bits per heavy atom. The minimum Gasteiger partial charge on any atom is -0.436 e. The third-order valence-corrected chi connectivity index (χ3v) is 2.15. The molecule has 3 nitrogen and oxygen atoms in total. The van der Waals surface area contributed by atoms with Crippen LogP contribution in [0.25, 0.3) is 0 Å². The first-order valence-electron chi connectivity index (χ1n) is 4.91. The van der Waals surface area contributed by atoms with Crippen molar-refractivity contribution in [3.05, 3.63) is 47.7 Å². The van der Waals surface area contributed by atoms with Gasteiger partial charge in [0.1, 0.15) is 5.82 Å². The van der Waals surface area contributed by atoms with E-state index in [0.717, 1.165) is 17.7 Å². The van der Waals surface area contributed by atoms with E-state index in [1.807, 2.05) is 6.92 Å². The number of nitrogens with two attached hydrogens (primary N) is 1. The number of ether oxygens (including phenoxy) is 1. The van der Waals surface area contributed by atoms with Crippen LogP contribution in [0.1, 0.15) is 5.56 Å². The normalized spacial score (nSPS) is 10.3. The monoisotopic (exact) mass is 236 g/mol. The number of pyridine rings is 1. The second kappa shape index (κ2) is 4.37. The van der Waals surface area contributed by atoms with Gasteiger partial charge in [-0.2, -0.15) is 0 Å². The van der Waals surface area contributed by atoms with Crippen LogP contribution in [0.5, 0.6) is 11.6 Å². The lowest BCUT2D eigenvalue weighted by Crippen LogP contribution is -1.96. The molecule has 2 rings (SSSR count). The van der Waals surface area contributed by atoms with Gasteiger partial charge in [0.2, 0.25) is 5.88 Å². The Morgan fingerprint density at radius 1 is 1.18 bits per heavy atom. The van der Waals surface area contributed by atoms with E-state index in [-0.39, 0.29) is 17.3 Å². The molecule has 0 saturated heterocycles. The number of anilines is 1. The molecule has 2 aromatic rings. The highest BCUT2D eigenvalue weighted by atomic mass is 19.1. The van der Waals surface area contributed by atoms with Gasteiger partial charge in [-0.15, -0.1) is 0 Å². The maximum atomic E-state index is 13.4. The first-order chi connectivity index (χ1) is 8.06. The molecule has 0 bridgehead atoms. The number of aromatic nitrogens is 1. The lowest BCUT2D eigenvalue weighted by atomic mass is 10.3. The summed E-state index contributed by atoms with van der Waals surface area (Å²) in [7, 11) is 0. The topological polar surface area (TPSA) is 48.1 Å². The first-order valence-corrected chi connectivity index (χ1v) is 4.91. The zero-order valence-corrected chi connectivity index (χ0v) is 9.08. The van der Waals surface area contributed by atoms with Crippen molar-refractivity contribution in [3.63, 3.8) is 0 Å². The van der Waals surface area contributed by atoms with Crippen LogP contribution in [0.4, 0.5) is 14.5 Å². The molecular formula is C12H10F2N2O. The Hall–Kier alpha value is -2.17. The maximum absolute atomic E-state index is 13.4. The zero-order valence-electron chi connectivity index (χ0n) is 9.08. The van der Waals surface area contributed by atoms with E-state index in [1.54, 1.807) is 18.3 Å². The zero-order chi connectivity index (χ0) is 12.4. The van der Waals surface area contributed by atoms with E-state index in [4.69, 9.17) is 10.5 Å². The second-order valence-corrected chi connectivity index (χ2v) is 3.58. The summed E-state index contributed by atoms with van der Waals surface area (Å²) in [5, 5.41) is 0. The Labute approximate surface area is 96.9 Å². The van der Waals surface area contributed by atoms with Crippen LogP contribution >= 0.6 is 0 Å². The van der Waals surface area contributed by atoms with Crippen LogP contribution in [0.3, 0.4) is 0 Å². The largest absolute Gasteiger partial charge is 0.436 e. The van der Waals surface area contributed by atoms with Crippen LogP contribution in [-0.4, -0.2) is 4.98 Å². The standard InChI is InChI=1S/C12H10F2N2O/c1-7-2-3-12(16-6-7)17-11-5-8(13)10(15)4-9(11)14/h2-6H,15H2,1H3. The van der Waals surface area contributed by atoms with Crippen molar-refractivity contribution in [2.45, 2.75) is 6.92 Å². The van der Waals surface area contributed by atoms with E-state index in [2.05, 4.69) is 4.98 Å². The third-order valence-electron chi connectivity index (χ3n) is 2.15. The van der Waals surface area contributed by atoms with Crippen molar-refractivity contribution in [1.82, 2.24) is 4.98 Å². The average Bonchev–Trinajstić information content (AvgIpc) is 2.29. The van der Waals surface area contributed by atoms with Crippen LogP contribution in [0.2, 0.25) is 0 Å². The molecule has 1 aromatic heterocycles. The highest BCUT2D eigenvalue weighted by Crippen LogP contribution is 2.26. The summed E-state index contributed by atoms with van der Waals surface area (Å²) in [6.07, 6.45) is 1.57. The average molecular weight is 236 g/mol. The van der Waals surface area contributed by atoms with E-state index in [1.165, 1.54) is 0 Å². The molecule has 0 saturated carbocycles. The Bertz CT molecular complexity index is 541. The van der Waals surface area contributed by atoms with Crippen LogP contribution in [0.15, 0.2) is 30.5 Å². The van der Waals surface area contributed by atoms with E-state index >= 15 is 0 Å². The summed E-state index contributed by atoms with van der Waals surface area (Å²) < 4.78 is 31.6. The molecule has 0 aliphatic heterocycles. The molecule has 0 atom stereocenters. The minimum absolute atomic E-state index is 0.193. The summed E-state index contributed by atoms with van der Waals surface area (Å²) in [6, 6.07) is 5.10. The molecule has 1 heterocycles. The highest BCUT2D eigenvalue weighted by Gasteiger charge is 2.10. The van der Waals surface area contributed by atoms with Crippen molar-refractivity contribution in [2.75, 3.05) is 5.73 Å². The molecule has 0 fully saturated rings. The van der Waals surface area contributed by atoms with Gasteiger partial charge in [0.25, 0.3) is 0 Å². The van der Waals surface area contributed by atoms with Gasteiger partial charge in [-0.3, -0.25) is 0 Å². The fourth-order valence-corrected chi connectivity index (χ4v) is 1.25. The molecule has 2 N–H and O–H groups in total. The third kappa shape index (κ3) is 2.50. The van der Waals surface area contributed by atoms with E-state index < -0.39 is 11.6 Å². The Morgan fingerprint density at radius 3 is 2.59 bits per heavy atom. The van der Waals surface area contributed by atoms with Gasteiger partial charge >= 0.3 is 0 Å². The van der Waals surface area contributed by atoms with Gasteiger partial charge in [0.15, 0.2) is 11.6 Å². The van der Waals surface area contributed by atoms with Gasteiger partial charge in [-0.1, -0.05) is 6.07 Å². The lowest BCUT2D eigenvalue weighted by Gasteiger charge is -2.07. The molecule has 0 aliphatic carbocycles. The summed E-state index contributed by atoms with van der Waals surface area (Å²) >= 11 is 0. The van der Waals surface area contributed by atoms with Gasteiger partial charge in [-0.05, 0) is 12.5 Å². The lowest BCUT2D eigenvalue weighted by molar-refractivity contribution is 0.423. The molecule has 17 heavy (non-hydrogen) atoms. The van der Waals surface area contributed by atoms with E-state index in [9.17, 15) is 8.78 Å². The van der Waals surface area contributed by atoms with Gasteiger partial charge in [0.05, 0.1) is 5.69 Å². The molecular weight excluding hydrogens is 226 g/mol. The summed E-state index contributed by atoms with van der Waals surface area (Å²) in [5.41, 5.74) is 5.90.